The molecule has 0 amide bonds. The standard InChI is InChI=1S/C10H19O6P/c1-5-7(3)15-9(11)17(13,14)10(12)16-8(4)6-2/h7-8H,5-6H2,1-4H3,(H,13,14). The molecule has 0 aliphatic carbocycles. The second-order valence-electron chi connectivity index (χ2n) is 3.78. The van der Waals surface area contributed by atoms with Crippen LogP contribution in [0.5, 0.6) is 0 Å². The number of hydrogen-bond acceptors (Lipinski definition) is 5. The molecule has 6 nitrogen and oxygen atoms in total. The average molecular weight is 266 g/mol. The quantitative estimate of drug-likeness (QED) is 0.743. The third-order valence-electron chi connectivity index (χ3n) is 2.25. The van der Waals surface area contributed by atoms with Crippen LogP contribution < -0.4 is 0 Å². The molecule has 0 fully saturated rings. The molecule has 0 aliphatic heterocycles. The smallest absolute Gasteiger partial charge is 0.411 e. The van der Waals surface area contributed by atoms with Gasteiger partial charge in [0.1, 0.15) is 0 Å². The van der Waals surface area contributed by atoms with Gasteiger partial charge in [0.25, 0.3) is 0 Å². The van der Waals surface area contributed by atoms with Crippen molar-refractivity contribution in [2.45, 2.75) is 52.7 Å². The van der Waals surface area contributed by atoms with Crippen molar-refractivity contribution in [3.8, 4) is 0 Å². The first-order valence-electron chi connectivity index (χ1n) is 5.50. The lowest BCUT2D eigenvalue weighted by Gasteiger charge is -2.16. The Morgan fingerprint density at radius 2 is 1.35 bits per heavy atom. The zero-order chi connectivity index (χ0) is 13.6. The molecule has 7 heteroatoms. The largest absolute Gasteiger partial charge is 0.455 e. The lowest BCUT2D eigenvalue weighted by atomic mass is 10.3. The Kier molecular flexibility index (Phi) is 6.42. The van der Waals surface area contributed by atoms with Crippen molar-refractivity contribution in [3.05, 3.63) is 0 Å². The fourth-order valence-corrected chi connectivity index (χ4v) is 1.52. The summed E-state index contributed by atoms with van der Waals surface area (Å²) in [7, 11) is -4.73. The minimum absolute atomic E-state index is 0.492. The van der Waals surface area contributed by atoms with E-state index in [0.29, 0.717) is 12.8 Å². The molecule has 0 aromatic carbocycles. The first-order chi connectivity index (χ1) is 7.75. The second kappa shape index (κ2) is 6.77. The summed E-state index contributed by atoms with van der Waals surface area (Å²) in [4.78, 5) is 32.0. The Labute approximate surface area is 101 Å². The van der Waals surface area contributed by atoms with E-state index in [1.165, 1.54) is 0 Å². The van der Waals surface area contributed by atoms with Crippen LogP contribution >= 0.6 is 7.37 Å². The van der Waals surface area contributed by atoms with Gasteiger partial charge in [-0.05, 0) is 26.7 Å². The van der Waals surface area contributed by atoms with Gasteiger partial charge in [-0.25, -0.2) is 9.59 Å². The molecule has 0 aromatic rings. The van der Waals surface area contributed by atoms with E-state index in [-0.39, 0.29) is 0 Å². The molecule has 0 aromatic heterocycles. The Balaban J connectivity index is 4.60. The van der Waals surface area contributed by atoms with Crippen LogP contribution in [0.4, 0.5) is 9.59 Å². The van der Waals surface area contributed by atoms with E-state index in [4.69, 9.17) is 0 Å². The van der Waals surface area contributed by atoms with Crippen molar-refractivity contribution in [3.63, 3.8) is 0 Å². The van der Waals surface area contributed by atoms with Gasteiger partial charge in [0.2, 0.25) is 0 Å². The maximum atomic E-state index is 11.5. The van der Waals surface area contributed by atoms with Crippen molar-refractivity contribution >= 4 is 18.8 Å². The van der Waals surface area contributed by atoms with E-state index >= 15 is 0 Å². The Morgan fingerprint density at radius 3 is 1.59 bits per heavy atom. The molecule has 0 rings (SSSR count). The Hall–Kier alpha value is -0.870. The molecule has 1 N–H and O–H groups in total. The van der Waals surface area contributed by atoms with Gasteiger partial charge < -0.3 is 14.4 Å². The molecule has 2 atom stereocenters. The highest BCUT2D eigenvalue weighted by molar-refractivity contribution is 7.88. The topological polar surface area (TPSA) is 89.9 Å². The summed E-state index contributed by atoms with van der Waals surface area (Å²) >= 11 is 0. The third-order valence-corrected chi connectivity index (χ3v) is 3.45. The molecular formula is C10H19O6P. The van der Waals surface area contributed by atoms with E-state index in [1.54, 1.807) is 27.7 Å². The fraction of sp³-hybridized carbons (Fsp3) is 0.800. The highest BCUT2D eigenvalue weighted by Crippen LogP contribution is 2.45. The van der Waals surface area contributed by atoms with Crippen LogP contribution in [0.1, 0.15) is 40.5 Å². The van der Waals surface area contributed by atoms with Gasteiger partial charge in [-0.3, -0.25) is 4.57 Å². The Morgan fingerprint density at radius 1 is 1.06 bits per heavy atom. The molecule has 2 unspecified atom stereocenters. The van der Waals surface area contributed by atoms with Gasteiger partial charge in [0.05, 0.1) is 12.2 Å². The zero-order valence-electron chi connectivity index (χ0n) is 10.5. The van der Waals surface area contributed by atoms with Crippen molar-refractivity contribution in [2.75, 3.05) is 0 Å². The molecule has 0 saturated carbocycles. The van der Waals surface area contributed by atoms with Gasteiger partial charge in [-0.1, -0.05) is 13.8 Å². The van der Waals surface area contributed by atoms with Gasteiger partial charge in [-0.15, -0.1) is 0 Å². The minimum atomic E-state index is -4.73. The molecule has 0 saturated heterocycles. The van der Waals surface area contributed by atoms with E-state index in [0.717, 1.165) is 0 Å². The molecule has 0 bridgehead atoms. The van der Waals surface area contributed by atoms with Crippen molar-refractivity contribution in [2.24, 2.45) is 0 Å². The van der Waals surface area contributed by atoms with Crippen molar-refractivity contribution in [1.29, 1.82) is 0 Å². The first-order valence-corrected chi connectivity index (χ1v) is 7.16. The van der Waals surface area contributed by atoms with Crippen LogP contribution in [0.15, 0.2) is 0 Å². The van der Waals surface area contributed by atoms with E-state index in [1.807, 2.05) is 0 Å². The van der Waals surface area contributed by atoms with Crippen LogP contribution in [0.3, 0.4) is 0 Å². The van der Waals surface area contributed by atoms with E-state index in [2.05, 4.69) is 9.47 Å². The summed E-state index contributed by atoms with van der Waals surface area (Å²) in [6, 6.07) is 0. The SMILES string of the molecule is CCC(C)OC(=O)P(=O)(O)C(=O)OC(C)CC. The van der Waals surface area contributed by atoms with Gasteiger partial charge in [0, 0.05) is 0 Å². The summed E-state index contributed by atoms with van der Waals surface area (Å²) < 4.78 is 20.8. The molecule has 0 radical (unpaired) electrons. The number of rotatable bonds is 6. The molecule has 0 aliphatic rings. The highest BCUT2D eigenvalue weighted by atomic mass is 31.2. The zero-order valence-corrected chi connectivity index (χ0v) is 11.4. The summed E-state index contributed by atoms with van der Waals surface area (Å²) in [5.74, 6) is 0. The third kappa shape index (κ3) is 4.88. The summed E-state index contributed by atoms with van der Waals surface area (Å²) in [6.07, 6.45) is -0.0445. The number of carbonyl (C=O) groups excluding carboxylic acids is 2. The first kappa shape index (κ1) is 16.1. The minimum Gasteiger partial charge on any atom is -0.455 e. The lowest BCUT2D eigenvalue weighted by Crippen LogP contribution is -2.19. The van der Waals surface area contributed by atoms with Crippen LogP contribution in [0.2, 0.25) is 0 Å². The van der Waals surface area contributed by atoms with Gasteiger partial charge in [0.15, 0.2) is 0 Å². The summed E-state index contributed by atoms with van der Waals surface area (Å²) in [5.41, 5.74) is -2.83. The van der Waals surface area contributed by atoms with Gasteiger partial charge in [-0.2, -0.15) is 0 Å². The predicted octanol–water partition coefficient (Wildman–Crippen LogP) is 3.13. The van der Waals surface area contributed by atoms with Gasteiger partial charge >= 0.3 is 18.8 Å². The fourth-order valence-electron chi connectivity index (χ4n) is 0.728. The van der Waals surface area contributed by atoms with Crippen LogP contribution in [-0.4, -0.2) is 28.5 Å². The average Bonchev–Trinajstić information content (AvgIpc) is 2.28. The van der Waals surface area contributed by atoms with Crippen molar-refractivity contribution in [1.82, 2.24) is 0 Å². The highest BCUT2D eigenvalue weighted by Gasteiger charge is 2.43. The maximum absolute atomic E-state index is 11.5. The van der Waals surface area contributed by atoms with E-state index in [9.17, 15) is 19.0 Å². The number of carbonyl (C=O) groups is 2. The van der Waals surface area contributed by atoms with Crippen LogP contribution in [0, 0.1) is 0 Å². The van der Waals surface area contributed by atoms with Crippen LogP contribution in [0.25, 0.3) is 0 Å². The molecule has 0 heterocycles. The monoisotopic (exact) mass is 266 g/mol. The molecule has 0 spiro atoms. The summed E-state index contributed by atoms with van der Waals surface area (Å²) in [6.45, 7) is 6.63. The Bertz CT molecular complexity index is 299. The summed E-state index contributed by atoms with van der Waals surface area (Å²) in [5, 5.41) is 0. The number of ether oxygens (including phenoxy) is 2. The molecule has 100 valence electrons. The molecular weight excluding hydrogens is 247 g/mol. The molecule has 17 heavy (non-hydrogen) atoms. The maximum Gasteiger partial charge on any atom is 0.411 e. The second-order valence-corrected chi connectivity index (χ2v) is 5.66. The normalized spacial score (nSPS) is 17.7. The van der Waals surface area contributed by atoms with Crippen molar-refractivity contribution < 1.29 is 28.5 Å². The predicted molar refractivity (Wildman–Crippen MR) is 62.3 cm³/mol. The number of hydrogen-bond donors (Lipinski definition) is 1. The van der Waals surface area contributed by atoms with E-state index < -0.39 is 31.0 Å². The van der Waals surface area contributed by atoms with Crippen LogP contribution in [-0.2, 0) is 14.0 Å². The lowest BCUT2D eigenvalue weighted by molar-refractivity contribution is 0.115.